The SMILES string of the molecule is Cc1ccc2c3c([nH]c2c1)C(=O)CCC3. The van der Waals surface area contributed by atoms with Gasteiger partial charge in [-0.15, -0.1) is 0 Å². The molecule has 2 nitrogen and oxygen atoms in total. The number of benzene rings is 1. The molecule has 0 radical (unpaired) electrons. The molecule has 15 heavy (non-hydrogen) atoms. The molecule has 0 saturated carbocycles. The molecule has 0 atom stereocenters. The van der Waals surface area contributed by atoms with Crippen molar-refractivity contribution in [3.63, 3.8) is 0 Å². The molecule has 0 spiro atoms. The van der Waals surface area contributed by atoms with E-state index in [0.29, 0.717) is 6.42 Å². The normalized spacial score (nSPS) is 15.7. The fourth-order valence-electron chi connectivity index (χ4n) is 2.42. The Balaban J connectivity index is 2.35. The van der Waals surface area contributed by atoms with Gasteiger partial charge in [0.1, 0.15) is 0 Å². The van der Waals surface area contributed by atoms with Gasteiger partial charge in [0.05, 0.1) is 5.69 Å². The maximum atomic E-state index is 11.7. The van der Waals surface area contributed by atoms with Crippen LogP contribution in [0.15, 0.2) is 18.2 Å². The number of nitrogens with one attached hydrogen (secondary N) is 1. The van der Waals surface area contributed by atoms with Crippen LogP contribution in [0.1, 0.15) is 34.5 Å². The standard InChI is InChI=1S/C13H13NO/c1-8-5-6-9-10-3-2-4-12(15)13(10)14-11(9)7-8/h5-7,14H,2-4H2,1H3. The maximum Gasteiger partial charge on any atom is 0.179 e. The number of carbonyl (C=O) groups excluding carboxylic acids is 1. The van der Waals surface area contributed by atoms with Gasteiger partial charge in [0, 0.05) is 17.3 Å². The van der Waals surface area contributed by atoms with Crippen molar-refractivity contribution >= 4 is 16.7 Å². The summed E-state index contributed by atoms with van der Waals surface area (Å²) in [5.41, 5.74) is 4.41. The predicted molar refractivity (Wildman–Crippen MR) is 60.3 cm³/mol. The van der Waals surface area contributed by atoms with E-state index in [2.05, 4.69) is 30.1 Å². The zero-order chi connectivity index (χ0) is 10.4. The second kappa shape index (κ2) is 2.96. The number of H-pyrrole nitrogens is 1. The Morgan fingerprint density at radius 1 is 1.27 bits per heavy atom. The third kappa shape index (κ3) is 1.21. The van der Waals surface area contributed by atoms with Crippen LogP contribution in [0.3, 0.4) is 0 Å². The lowest BCUT2D eigenvalue weighted by atomic mass is 9.94. The summed E-state index contributed by atoms with van der Waals surface area (Å²) in [6.07, 6.45) is 2.72. The first kappa shape index (κ1) is 8.72. The number of Topliss-reactive ketones (excluding diaryl/α,β-unsaturated/α-hetero) is 1. The van der Waals surface area contributed by atoms with Crippen LogP contribution in [0.25, 0.3) is 10.9 Å². The van der Waals surface area contributed by atoms with Crippen molar-refractivity contribution in [2.45, 2.75) is 26.2 Å². The van der Waals surface area contributed by atoms with Gasteiger partial charge in [-0.1, -0.05) is 12.1 Å². The number of hydrogen-bond donors (Lipinski definition) is 1. The van der Waals surface area contributed by atoms with Gasteiger partial charge < -0.3 is 4.98 Å². The first-order valence-corrected chi connectivity index (χ1v) is 5.40. The second-order valence-corrected chi connectivity index (χ2v) is 4.30. The average Bonchev–Trinajstić information content (AvgIpc) is 2.57. The van der Waals surface area contributed by atoms with Crippen molar-refractivity contribution < 1.29 is 4.79 Å². The molecule has 1 heterocycles. The van der Waals surface area contributed by atoms with Gasteiger partial charge in [-0.25, -0.2) is 0 Å². The number of aromatic nitrogens is 1. The van der Waals surface area contributed by atoms with Crippen molar-refractivity contribution in [1.82, 2.24) is 4.98 Å². The molecule has 1 aliphatic rings. The highest BCUT2D eigenvalue weighted by molar-refractivity contribution is 6.03. The van der Waals surface area contributed by atoms with Crippen molar-refractivity contribution in [1.29, 1.82) is 0 Å². The zero-order valence-corrected chi connectivity index (χ0v) is 8.76. The Bertz CT molecular complexity index is 551. The largest absolute Gasteiger partial charge is 0.352 e. The molecule has 0 fully saturated rings. The van der Waals surface area contributed by atoms with Crippen LogP contribution in [-0.4, -0.2) is 10.8 Å². The first-order valence-electron chi connectivity index (χ1n) is 5.40. The number of rotatable bonds is 0. The van der Waals surface area contributed by atoms with Gasteiger partial charge in [0.2, 0.25) is 0 Å². The molecule has 0 unspecified atom stereocenters. The highest BCUT2D eigenvalue weighted by atomic mass is 16.1. The summed E-state index contributed by atoms with van der Waals surface area (Å²) in [6.45, 7) is 2.07. The van der Waals surface area contributed by atoms with Crippen molar-refractivity contribution in [3.8, 4) is 0 Å². The fourth-order valence-corrected chi connectivity index (χ4v) is 2.42. The monoisotopic (exact) mass is 199 g/mol. The van der Waals surface area contributed by atoms with E-state index in [1.54, 1.807) is 0 Å². The molecule has 0 aliphatic heterocycles. The van der Waals surface area contributed by atoms with Gasteiger partial charge in [-0.05, 0) is 37.0 Å². The average molecular weight is 199 g/mol. The van der Waals surface area contributed by atoms with E-state index < -0.39 is 0 Å². The number of aromatic amines is 1. The van der Waals surface area contributed by atoms with Gasteiger partial charge in [0.25, 0.3) is 0 Å². The third-order valence-electron chi connectivity index (χ3n) is 3.17. The topological polar surface area (TPSA) is 32.9 Å². The highest BCUT2D eigenvalue weighted by Crippen LogP contribution is 2.29. The van der Waals surface area contributed by atoms with Gasteiger partial charge >= 0.3 is 0 Å². The van der Waals surface area contributed by atoms with E-state index in [9.17, 15) is 4.79 Å². The van der Waals surface area contributed by atoms with Crippen molar-refractivity contribution in [3.05, 3.63) is 35.0 Å². The zero-order valence-electron chi connectivity index (χ0n) is 8.76. The number of hydrogen-bond acceptors (Lipinski definition) is 1. The third-order valence-corrected chi connectivity index (χ3v) is 3.17. The fraction of sp³-hybridized carbons (Fsp3) is 0.308. The minimum Gasteiger partial charge on any atom is -0.352 e. The van der Waals surface area contributed by atoms with Crippen LogP contribution in [0.2, 0.25) is 0 Å². The molecule has 3 rings (SSSR count). The van der Waals surface area contributed by atoms with Crippen LogP contribution in [-0.2, 0) is 6.42 Å². The molecule has 1 aromatic heterocycles. The van der Waals surface area contributed by atoms with Crippen LogP contribution in [0.5, 0.6) is 0 Å². The molecule has 0 amide bonds. The summed E-state index contributed by atoms with van der Waals surface area (Å²) in [7, 11) is 0. The number of carbonyl (C=O) groups is 1. The van der Waals surface area contributed by atoms with Crippen LogP contribution in [0, 0.1) is 6.92 Å². The minimum atomic E-state index is 0.269. The summed E-state index contributed by atoms with van der Waals surface area (Å²) in [4.78, 5) is 15.0. The highest BCUT2D eigenvalue weighted by Gasteiger charge is 2.21. The quantitative estimate of drug-likeness (QED) is 0.695. The molecule has 1 aromatic carbocycles. The Morgan fingerprint density at radius 2 is 2.13 bits per heavy atom. The number of ketones is 1. The minimum absolute atomic E-state index is 0.269. The van der Waals surface area contributed by atoms with Crippen LogP contribution >= 0.6 is 0 Å². The van der Waals surface area contributed by atoms with E-state index >= 15 is 0 Å². The summed E-state index contributed by atoms with van der Waals surface area (Å²) < 4.78 is 0. The second-order valence-electron chi connectivity index (χ2n) is 4.30. The Kier molecular flexibility index (Phi) is 1.72. The van der Waals surface area contributed by atoms with Crippen LogP contribution in [0.4, 0.5) is 0 Å². The lowest BCUT2D eigenvalue weighted by molar-refractivity contribution is 0.0968. The van der Waals surface area contributed by atoms with E-state index in [-0.39, 0.29) is 5.78 Å². The molecule has 1 aliphatic carbocycles. The van der Waals surface area contributed by atoms with Gasteiger partial charge in [0.15, 0.2) is 5.78 Å². The van der Waals surface area contributed by atoms with Crippen molar-refractivity contribution in [2.75, 3.05) is 0 Å². The van der Waals surface area contributed by atoms with E-state index in [1.165, 1.54) is 16.5 Å². The number of aryl methyl sites for hydroxylation is 2. The smallest absolute Gasteiger partial charge is 0.179 e. The molecule has 76 valence electrons. The number of fused-ring (bicyclic) bond motifs is 3. The summed E-state index contributed by atoms with van der Waals surface area (Å²) in [5.74, 6) is 0.269. The molecule has 2 aromatic rings. The maximum absolute atomic E-state index is 11.7. The van der Waals surface area contributed by atoms with E-state index in [4.69, 9.17) is 0 Å². The molecule has 2 heteroatoms. The Labute approximate surface area is 88.3 Å². The lowest BCUT2D eigenvalue weighted by Crippen LogP contribution is -2.09. The van der Waals surface area contributed by atoms with Gasteiger partial charge in [-0.2, -0.15) is 0 Å². The predicted octanol–water partition coefficient (Wildman–Crippen LogP) is 3.00. The molecule has 1 N–H and O–H groups in total. The van der Waals surface area contributed by atoms with Crippen molar-refractivity contribution in [2.24, 2.45) is 0 Å². The van der Waals surface area contributed by atoms with E-state index in [1.807, 2.05) is 0 Å². The van der Waals surface area contributed by atoms with E-state index in [0.717, 1.165) is 24.1 Å². The molecule has 0 bridgehead atoms. The molecule has 0 saturated heterocycles. The first-order chi connectivity index (χ1) is 7.25. The Hall–Kier alpha value is -1.57. The Morgan fingerprint density at radius 3 is 3.00 bits per heavy atom. The van der Waals surface area contributed by atoms with Gasteiger partial charge in [-0.3, -0.25) is 4.79 Å². The molecular weight excluding hydrogens is 186 g/mol. The lowest BCUT2D eigenvalue weighted by Gasteiger charge is -2.09. The molecular formula is C13H13NO. The summed E-state index contributed by atoms with van der Waals surface area (Å²) >= 11 is 0. The summed E-state index contributed by atoms with van der Waals surface area (Å²) in [6, 6.07) is 6.34. The van der Waals surface area contributed by atoms with Crippen LogP contribution < -0.4 is 0 Å². The summed E-state index contributed by atoms with van der Waals surface area (Å²) in [5, 5.41) is 1.23.